The maximum Gasteiger partial charge on any atom is 0.175 e. The molecule has 0 aromatic heterocycles. The van der Waals surface area contributed by atoms with Crippen molar-refractivity contribution in [3.05, 3.63) is 65.5 Å². The number of halogens is 1. The Morgan fingerprint density at radius 2 is 1.61 bits per heavy atom. The molecule has 1 fully saturated rings. The third-order valence-electron chi connectivity index (χ3n) is 5.41. The van der Waals surface area contributed by atoms with Crippen molar-refractivity contribution in [1.29, 1.82) is 0 Å². The average Bonchev–Trinajstić information content (AvgIpc) is 2.68. The van der Waals surface area contributed by atoms with E-state index < -0.39 is 15.7 Å². The molecule has 0 amide bonds. The Morgan fingerprint density at radius 1 is 1.06 bits per heavy atom. The van der Waals surface area contributed by atoms with Gasteiger partial charge in [0.15, 0.2) is 15.6 Å². The monoisotopic (exact) mass is 443 g/mol. The smallest absolute Gasteiger partial charge is 0.175 e. The van der Waals surface area contributed by atoms with Crippen molar-refractivity contribution in [2.24, 2.45) is 10.9 Å². The highest BCUT2D eigenvalue weighted by molar-refractivity contribution is 7.90. The summed E-state index contributed by atoms with van der Waals surface area (Å²) in [6.07, 6.45) is 8.60. The standard InChI is InChI=1S/C19H18FNO3S.C6H12/c1-13(22)19(15-4-8-16(20)9-5-15)18(12-21-2)14-6-10-17(11-7-14)25(3,23)24;1-2-6-4-3-5-6/h4-12H,1-3H3;6H,2-5H2,1H3/b19-18-,21-12?;. The van der Waals surface area contributed by atoms with Crippen LogP contribution in [0.5, 0.6) is 0 Å². The first-order valence-electron chi connectivity index (χ1n) is 10.4. The first kappa shape index (κ1) is 24.7. The molecule has 0 aliphatic heterocycles. The summed E-state index contributed by atoms with van der Waals surface area (Å²) >= 11 is 0. The van der Waals surface area contributed by atoms with Crippen LogP contribution in [0.3, 0.4) is 0 Å². The Balaban J connectivity index is 0.000000488. The van der Waals surface area contributed by atoms with E-state index >= 15 is 0 Å². The van der Waals surface area contributed by atoms with E-state index in [9.17, 15) is 17.6 Å². The Labute approximate surface area is 184 Å². The highest BCUT2D eigenvalue weighted by Crippen LogP contribution is 2.28. The third-order valence-corrected chi connectivity index (χ3v) is 6.54. The lowest BCUT2D eigenvalue weighted by Gasteiger charge is -2.22. The highest BCUT2D eigenvalue weighted by atomic mass is 32.2. The van der Waals surface area contributed by atoms with Gasteiger partial charge in [0, 0.05) is 30.7 Å². The summed E-state index contributed by atoms with van der Waals surface area (Å²) in [6, 6.07) is 11.8. The lowest BCUT2D eigenvalue weighted by molar-refractivity contribution is -0.111. The summed E-state index contributed by atoms with van der Waals surface area (Å²) in [5.41, 5.74) is 2.14. The first-order chi connectivity index (χ1) is 14.7. The molecule has 0 heterocycles. The summed E-state index contributed by atoms with van der Waals surface area (Å²) in [7, 11) is -1.73. The molecular formula is C25H30FNO3S. The predicted octanol–water partition coefficient (Wildman–Crippen LogP) is 5.63. The highest BCUT2D eigenvalue weighted by Gasteiger charge is 2.16. The second-order valence-corrected chi connectivity index (χ2v) is 9.76. The van der Waals surface area contributed by atoms with E-state index in [4.69, 9.17) is 0 Å². The van der Waals surface area contributed by atoms with Gasteiger partial charge in [-0.3, -0.25) is 9.79 Å². The third kappa shape index (κ3) is 6.96. The van der Waals surface area contributed by atoms with E-state index in [1.54, 1.807) is 19.2 Å². The molecular weight excluding hydrogens is 413 g/mol. The molecule has 4 nitrogen and oxygen atoms in total. The Bertz CT molecular complexity index is 1050. The van der Waals surface area contributed by atoms with Crippen LogP contribution in [0.2, 0.25) is 0 Å². The fraction of sp³-hybridized carbons (Fsp3) is 0.360. The van der Waals surface area contributed by atoms with E-state index in [1.807, 2.05) is 0 Å². The maximum atomic E-state index is 13.2. The van der Waals surface area contributed by atoms with Crippen LogP contribution >= 0.6 is 0 Å². The number of sulfone groups is 1. The van der Waals surface area contributed by atoms with Crippen LogP contribution in [-0.4, -0.2) is 33.7 Å². The molecule has 166 valence electrons. The summed E-state index contributed by atoms with van der Waals surface area (Å²) in [4.78, 5) is 16.4. The van der Waals surface area contributed by atoms with E-state index in [1.165, 1.54) is 75.2 Å². The van der Waals surface area contributed by atoms with Crippen molar-refractivity contribution in [3.8, 4) is 0 Å². The van der Waals surface area contributed by atoms with Gasteiger partial charge in [-0.1, -0.05) is 56.9 Å². The molecule has 0 unspecified atom stereocenters. The number of benzene rings is 2. The minimum atomic E-state index is -3.31. The van der Waals surface area contributed by atoms with Gasteiger partial charge >= 0.3 is 0 Å². The number of allylic oxidation sites excluding steroid dienone is 2. The van der Waals surface area contributed by atoms with Crippen molar-refractivity contribution in [3.63, 3.8) is 0 Å². The van der Waals surface area contributed by atoms with Crippen LogP contribution < -0.4 is 0 Å². The number of ketones is 1. The van der Waals surface area contributed by atoms with Crippen LogP contribution in [-0.2, 0) is 14.6 Å². The molecule has 1 saturated carbocycles. The van der Waals surface area contributed by atoms with E-state index in [2.05, 4.69) is 11.9 Å². The van der Waals surface area contributed by atoms with Crippen molar-refractivity contribution < 1.29 is 17.6 Å². The number of aliphatic imine (C=N–C) groups is 1. The zero-order chi connectivity index (χ0) is 23.0. The first-order valence-corrected chi connectivity index (χ1v) is 12.3. The molecule has 31 heavy (non-hydrogen) atoms. The normalized spacial score (nSPS) is 15.0. The second kappa shape index (κ2) is 11.1. The Morgan fingerprint density at radius 3 is 1.97 bits per heavy atom. The lowest BCUT2D eigenvalue weighted by Crippen LogP contribution is -2.08. The average molecular weight is 444 g/mol. The second-order valence-electron chi connectivity index (χ2n) is 7.74. The van der Waals surface area contributed by atoms with Gasteiger partial charge in [0.05, 0.1) is 4.90 Å². The van der Waals surface area contributed by atoms with Gasteiger partial charge < -0.3 is 0 Å². The summed E-state index contributed by atoms with van der Waals surface area (Å²) in [5.74, 6) is 0.522. The quantitative estimate of drug-likeness (QED) is 0.330. The Hall–Kier alpha value is -2.60. The molecule has 2 aromatic carbocycles. The molecule has 0 bridgehead atoms. The van der Waals surface area contributed by atoms with Gasteiger partial charge in [0.1, 0.15) is 5.82 Å². The fourth-order valence-electron chi connectivity index (χ4n) is 3.36. The number of nitrogens with zero attached hydrogens (tertiary/aromatic N) is 1. The fourth-order valence-corrected chi connectivity index (χ4v) is 3.99. The lowest BCUT2D eigenvalue weighted by atomic mass is 9.84. The number of Topliss-reactive ketones (excluding diaryl/α,β-unsaturated/α-hetero) is 1. The number of carbonyl (C=O) groups is 1. The largest absolute Gasteiger partial charge is 0.296 e. The number of hydrogen-bond donors (Lipinski definition) is 0. The number of hydrogen-bond acceptors (Lipinski definition) is 4. The predicted molar refractivity (Wildman–Crippen MR) is 125 cm³/mol. The van der Waals surface area contributed by atoms with Crippen LogP contribution in [0.25, 0.3) is 11.1 Å². The van der Waals surface area contributed by atoms with Crippen molar-refractivity contribution in [2.45, 2.75) is 44.4 Å². The van der Waals surface area contributed by atoms with Gasteiger partial charge in [-0.2, -0.15) is 0 Å². The molecule has 3 rings (SSSR count). The maximum absolute atomic E-state index is 13.2. The van der Waals surface area contributed by atoms with Crippen LogP contribution in [0.15, 0.2) is 58.4 Å². The van der Waals surface area contributed by atoms with Gasteiger partial charge in [-0.15, -0.1) is 0 Å². The molecule has 0 spiro atoms. The Kier molecular flexibility index (Phi) is 8.87. The molecule has 2 aromatic rings. The van der Waals surface area contributed by atoms with E-state index in [0.717, 1.165) is 12.2 Å². The minimum absolute atomic E-state index is 0.190. The van der Waals surface area contributed by atoms with Crippen molar-refractivity contribution in [2.75, 3.05) is 13.3 Å². The summed E-state index contributed by atoms with van der Waals surface area (Å²) in [6.45, 7) is 3.71. The molecule has 1 aliphatic rings. The topological polar surface area (TPSA) is 63.6 Å². The van der Waals surface area contributed by atoms with Gasteiger partial charge in [-0.25, -0.2) is 12.8 Å². The molecule has 0 radical (unpaired) electrons. The molecule has 0 saturated heterocycles. The number of carbonyl (C=O) groups excluding carboxylic acids is 1. The minimum Gasteiger partial charge on any atom is -0.296 e. The summed E-state index contributed by atoms with van der Waals surface area (Å²) in [5, 5.41) is 0. The molecule has 6 heteroatoms. The van der Waals surface area contributed by atoms with Gasteiger partial charge in [-0.05, 0) is 48.2 Å². The van der Waals surface area contributed by atoms with Crippen molar-refractivity contribution in [1.82, 2.24) is 0 Å². The SMILES string of the molecule is CCC1CCC1.CN=C/C(=C(\C(C)=O)c1ccc(F)cc1)c1ccc(S(C)(=O)=O)cc1. The van der Waals surface area contributed by atoms with Crippen LogP contribution in [0.1, 0.15) is 50.7 Å². The van der Waals surface area contributed by atoms with E-state index in [0.29, 0.717) is 22.3 Å². The molecule has 1 aliphatic carbocycles. The molecule has 0 N–H and O–H groups in total. The summed E-state index contributed by atoms with van der Waals surface area (Å²) < 4.78 is 36.4. The van der Waals surface area contributed by atoms with Gasteiger partial charge in [0.25, 0.3) is 0 Å². The zero-order valence-electron chi connectivity index (χ0n) is 18.6. The van der Waals surface area contributed by atoms with Crippen LogP contribution in [0, 0.1) is 11.7 Å². The van der Waals surface area contributed by atoms with Crippen molar-refractivity contribution >= 4 is 33.0 Å². The zero-order valence-corrected chi connectivity index (χ0v) is 19.4. The van der Waals surface area contributed by atoms with Crippen LogP contribution in [0.4, 0.5) is 4.39 Å². The number of rotatable bonds is 6. The van der Waals surface area contributed by atoms with E-state index in [-0.39, 0.29) is 10.7 Å². The molecule has 0 atom stereocenters. The van der Waals surface area contributed by atoms with Gasteiger partial charge in [0.2, 0.25) is 0 Å².